The van der Waals surface area contributed by atoms with Crippen LogP contribution in [0.2, 0.25) is 0 Å². The molecule has 0 aliphatic carbocycles. The number of unbranched alkanes of at least 4 members (excludes halogenated alkanes) is 2. The Morgan fingerprint density at radius 3 is 1.96 bits per heavy atom. The van der Waals surface area contributed by atoms with E-state index in [4.69, 9.17) is 0 Å². The molecule has 3 aromatic rings. The van der Waals surface area contributed by atoms with Crippen LogP contribution in [0.1, 0.15) is 37.3 Å². The fraction of sp³-hybridized carbons (Fsp3) is 0.273. The van der Waals surface area contributed by atoms with Gasteiger partial charge in [-0.3, -0.25) is 0 Å². The number of rotatable bonds is 6. The fourth-order valence-corrected chi connectivity index (χ4v) is 2.77. The SMILES string of the molecule is CCCCCc1ccc(-c2ncc(-c3ccc(C)cc3)cn2)cc1. The summed E-state index contributed by atoms with van der Waals surface area (Å²) in [6, 6.07) is 17.1. The molecule has 0 N–H and O–H groups in total. The molecule has 0 fully saturated rings. The molecule has 0 radical (unpaired) electrons. The van der Waals surface area contributed by atoms with E-state index in [9.17, 15) is 0 Å². The summed E-state index contributed by atoms with van der Waals surface area (Å²) in [7, 11) is 0. The molecule has 1 heterocycles. The second-order valence-corrected chi connectivity index (χ2v) is 6.32. The smallest absolute Gasteiger partial charge is 0.159 e. The second kappa shape index (κ2) is 7.87. The van der Waals surface area contributed by atoms with Crippen molar-refractivity contribution in [3.63, 3.8) is 0 Å². The van der Waals surface area contributed by atoms with Gasteiger partial charge < -0.3 is 0 Å². The van der Waals surface area contributed by atoms with Gasteiger partial charge in [-0.2, -0.15) is 0 Å². The lowest BCUT2D eigenvalue weighted by atomic mass is 10.0. The number of hydrogen-bond acceptors (Lipinski definition) is 2. The molecule has 3 rings (SSSR count). The lowest BCUT2D eigenvalue weighted by Crippen LogP contribution is -1.91. The monoisotopic (exact) mass is 316 g/mol. The highest BCUT2D eigenvalue weighted by atomic mass is 14.9. The predicted molar refractivity (Wildman–Crippen MR) is 101 cm³/mol. The maximum absolute atomic E-state index is 4.54. The van der Waals surface area contributed by atoms with Crippen LogP contribution in [0.5, 0.6) is 0 Å². The van der Waals surface area contributed by atoms with Crippen molar-refractivity contribution in [2.24, 2.45) is 0 Å². The first kappa shape index (κ1) is 16.4. The number of aromatic nitrogens is 2. The van der Waals surface area contributed by atoms with E-state index in [0.717, 1.165) is 28.9 Å². The molecule has 0 amide bonds. The van der Waals surface area contributed by atoms with Gasteiger partial charge in [-0.1, -0.05) is 73.9 Å². The third-order valence-electron chi connectivity index (χ3n) is 4.32. The minimum atomic E-state index is 0.783. The first-order chi connectivity index (χ1) is 11.8. The highest BCUT2D eigenvalue weighted by Gasteiger charge is 2.03. The molecular formula is C22H24N2. The zero-order valence-electron chi connectivity index (χ0n) is 14.5. The Morgan fingerprint density at radius 1 is 0.708 bits per heavy atom. The van der Waals surface area contributed by atoms with Gasteiger partial charge in [0.1, 0.15) is 0 Å². The van der Waals surface area contributed by atoms with E-state index in [0.29, 0.717) is 0 Å². The van der Waals surface area contributed by atoms with Gasteiger partial charge in [0, 0.05) is 23.5 Å². The maximum atomic E-state index is 4.54. The number of hydrogen-bond donors (Lipinski definition) is 0. The first-order valence-corrected chi connectivity index (χ1v) is 8.74. The molecule has 0 spiro atoms. The van der Waals surface area contributed by atoms with Gasteiger partial charge >= 0.3 is 0 Å². The molecule has 1 aromatic heterocycles. The van der Waals surface area contributed by atoms with Gasteiger partial charge in [0.2, 0.25) is 0 Å². The van der Waals surface area contributed by atoms with E-state index in [1.807, 2.05) is 12.4 Å². The van der Waals surface area contributed by atoms with Gasteiger partial charge in [-0.25, -0.2) is 9.97 Å². The van der Waals surface area contributed by atoms with E-state index in [1.54, 1.807) is 0 Å². The van der Waals surface area contributed by atoms with Crippen LogP contribution in [0.3, 0.4) is 0 Å². The Balaban J connectivity index is 1.72. The quantitative estimate of drug-likeness (QED) is 0.533. The number of benzene rings is 2. The minimum Gasteiger partial charge on any atom is -0.236 e. The molecule has 0 saturated carbocycles. The molecule has 2 aromatic carbocycles. The van der Waals surface area contributed by atoms with Gasteiger partial charge in [-0.05, 0) is 30.9 Å². The average Bonchev–Trinajstić information content (AvgIpc) is 2.63. The second-order valence-electron chi connectivity index (χ2n) is 6.32. The first-order valence-electron chi connectivity index (χ1n) is 8.74. The van der Waals surface area contributed by atoms with Crippen molar-refractivity contribution in [1.29, 1.82) is 0 Å². The van der Waals surface area contributed by atoms with Crippen molar-refractivity contribution in [3.05, 3.63) is 72.1 Å². The normalized spacial score (nSPS) is 10.8. The van der Waals surface area contributed by atoms with E-state index in [2.05, 4.69) is 72.3 Å². The molecular weight excluding hydrogens is 292 g/mol. The Bertz CT molecular complexity index is 757. The fourth-order valence-electron chi connectivity index (χ4n) is 2.77. The summed E-state index contributed by atoms with van der Waals surface area (Å²) < 4.78 is 0. The molecule has 2 nitrogen and oxygen atoms in total. The molecule has 0 aliphatic rings. The summed E-state index contributed by atoms with van der Waals surface area (Å²) in [6.07, 6.45) is 8.79. The van der Waals surface area contributed by atoms with Crippen LogP contribution in [0.4, 0.5) is 0 Å². The molecule has 2 heteroatoms. The van der Waals surface area contributed by atoms with Crippen molar-refractivity contribution in [3.8, 4) is 22.5 Å². The van der Waals surface area contributed by atoms with Crippen LogP contribution < -0.4 is 0 Å². The summed E-state index contributed by atoms with van der Waals surface area (Å²) in [4.78, 5) is 9.08. The number of nitrogens with zero attached hydrogens (tertiary/aromatic N) is 2. The van der Waals surface area contributed by atoms with Crippen LogP contribution in [0.25, 0.3) is 22.5 Å². The molecule has 24 heavy (non-hydrogen) atoms. The number of aryl methyl sites for hydroxylation is 2. The molecule has 0 atom stereocenters. The highest BCUT2D eigenvalue weighted by Crippen LogP contribution is 2.21. The van der Waals surface area contributed by atoms with Crippen molar-refractivity contribution in [1.82, 2.24) is 9.97 Å². The molecule has 0 saturated heterocycles. The third-order valence-corrected chi connectivity index (χ3v) is 4.32. The highest BCUT2D eigenvalue weighted by molar-refractivity contribution is 5.64. The van der Waals surface area contributed by atoms with E-state index in [-0.39, 0.29) is 0 Å². The van der Waals surface area contributed by atoms with Crippen molar-refractivity contribution in [2.45, 2.75) is 39.5 Å². The summed E-state index contributed by atoms with van der Waals surface area (Å²) >= 11 is 0. The zero-order chi connectivity index (χ0) is 16.8. The van der Waals surface area contributed by atoms with E-state index in [1.165, 1.54) is 30.4 Å². The zero-order valence-corrected chi connectivity index (χ0v) is 14.5. The van der Waals surface area contributed by atoms with Crippen LogP contribution in [0, 0.1) is 6.92 Å². The standard InChI is InChI=1S/C22H24N2/c1-3-4-5-6-18-9-13-20(14-10-18)22-23-15-21(16-24-22)19-11-7-17(2)8-12-19/h7-16H,3-6H2,1-2H3. The molecule has 122 valence electrons. The van der Waals surface area contributed by atoms with Crippen molar-refractivity contribution >= 4 is 0 Å². The maximum Gasteiger partial charge on any atom is 0.159 e. The average molecular weight is 316 g/mol. The summed E-state index contributed by atoms with van der Waals surface area (Å²) in [5.74, 6) is 0.783. The molecule has 0 aliphatic heterocycles. The Hall–Kier alpha value is -2.48. The van der Waals surface area contributed by atoms with Crippen LogP contribution in [-0.2, 0) is 6.42 Å². The van der Waals surface area contributed by atoms with Crippen molar-refractivity contribution in [2.75, 3.05) is 0 Å². The van der Waals surface area contributed by atoms with Crippen molar-refractivity contribution < 1.29 is 0 Å². The summed E-state index contributed by atoms with van der Waals surface area (Å²) in [5, 5.41) is 0. The Labute approximate surface area is 144 Å². The van der Waals surface area contributed by atoms with Gasteiger partial charge in [0.15, 0.2) is 5.82 Å². The molecule has 0 unspecified atom stereocenters. The summed E-state index contributed by atoms with van der Waals surface area (Å²) in [5.41, 5.74) is 5.93. The topological polar surface area (TPSA) is 25.8 Å². The Kier molecular flexibility index (Phi) is 5.37. The van der Waals surface area contributed by atoms with Gasteiger partial charge in [0.05, 0.1) is 0 Å². The lowest BCUT2D eigenvalue weighted by molar-refractivity contribution is 0.717. The van der Waals surface area contributed by atoms with Crippen LogP contribution in [-0.4, -0.2) is 9.97 Å². The van der Waals surface area contributed by atoms with E-state index >= 15 is 0 Å². The summed E-state index contributed by atoms with van der Waals surface area (Å²) in [6.45, 7) is 4.33. The van der Waals surface area contributed by atoms with Gasteiger partial charge in [-0.15, -0.1) is 0 Å². The van der Waals surface area contributed by atoms with Crippen LogP contribution in [0.15, 0.2) is 60.9 Å². The predicted octanol–water partition coefficient (Wildman–Crippen LogP) is 5.85. The minimum absolute atomic E-state index is 0.783. The Morgan fingerprint density at radius 2 is 1.33 bits per heavy atom. The van der Waals surface area contributed by atoms with Gasteiger partial charge in [0.25, 0.3) is 0 Å². The lowest BCUT2D eigenvalue weighted by Gasteiger charge is -2.05. The third kappa shape index (κ3) is 4.08. The molecule has 0 bridgehead atoms. The van der Waals surface area contributed by atoms with Crippen LogP contribution >= 0.6 is 0 Å². The largest absolute Gasteiger partial charge is 0.236 e. The van der Waals surface area contributed by atoms with E-state index < -0.39 is 0 Å².